The Morgan fingerprint density at radius 2 is 1.48 bits per heavy atom. The molecule has 0 unspecified atom stereocenters. The molecule has 0 saturated heterocycles. The minimum atomic E-state index is -4.63. The van der Waals surface area contributed by atoms with Gasteiger partial charge in [0.05, 0.1) is 10.8 Å². The number of aliphatic imine (C=N–C) groups is 1. The van der Waals surface area contributed by atoms with Crippen LogP contribution in [0.1, 0.15) is 0 Å². The Balaban J connectivity index is 0.00000242. The summed E-state index contributed by atoms with van der Waals surface area (Å²) in [4.78, 5) is 2.51. The van der Waals surface area contributed by atoms with Crippen LogP contribution < -0.4 is 0 Å². The molecule has 0 spiro atoms. The molecule has 0 aliphatic heterocycles. The molecule has 2 aromatic carbocycles. The molecule has 0 saturated carbocycles. The first-order valence-electron chi connectivity index (χ1n) is 5.24. The maximum Gasteiger partial charge on any atom is 0.295 e. The predicted octanol–water partition coefficient (Wildman–Crippen LogP) is 1.31. The molecule has 0 fully saturated rings. The zero-order chi connectivity index (χ0) is 15.8. The predicted molar refractivity (Wildman–Crippen MR) is 89.8 cm³/mol. The van der Waals surface area contributed by atoms with Crippen molar-refractivity contribution in [1.82, 2.24) is 0 Å². The summed E-state index contributed by atoms with van der Waals surface area (Å²) in [6.07, 6.45) is 0. The first kappa shape index (κ1) is 23.3. The van der Waals surface area contributed by atoms with Gasteiger partial charge in [-0.25, -0.2) is 0 Å². The molecular weight excluding hydrogens is 384 g/mol. The van der Waals surface area contributed by atoms with E-state index >= 15 is 0 Å². The van der Waals surface area contributed by atoms with Gasteiger partial charge in [-0.3, -0.25) is 9.11 Å². The number of hydrogen-bond donors (Lipinski definition) is 2. The Kier molecular flexibility index (Phi) is 8.73. The Morgan fingerprint density at radius 1 is 0.913 bits per heavy atom. The van der Waals surface area contributed by atoms with Crippen LogP contribution in [0, 0.1) is 0 Å². The largest absolute Gasteiger partial charge is 0.295 e. The van der Waals surface area contributed by atoms with Crippen LogP contribution in [-0.4, -0.2) is 90.2 Å². The van der Waals surface area contributed by atoms with Gasteiger partial charge in [0.25, 0.3) is 20.2 Å². The maximum absolute atomic E-state index is 11.4. The third-order valence-electron chi connectivity index (χ3n) is 2.63. The van der Waals surface area contributed by atoms with Gasteiger partial charge >= 0.3 is 0 Å². The Labute approximate surface area is 182 Å². The van der Waals surface area contributed by atoms with Crippen molar-refractivity contribution in [2.75, 3.05) is 0 Å². The zero-order valence-electron chi connectivity index (χ0n) is 12.1. The van der Waals surface area contributed by atoms with Crippen LogP contribution >= 0.6 is 12.2 Å². The fraction of sp³-hybridized carbons (Fsp3) is 0. The summed E-state index contributed by atoms with van der Waals surface area (Å²) in [5.74, 6) is 0. The number of rotatable bonds is 3. The molecular formula is C11H7NNa2O6S3. The molecule has 2 N–H and O–H groups in total. The van der Waals surface area contributed by atoms with Crippen LogP contribution in [0.25, 0.3) is 10.8 Å². The molecule has 0 aromatic heterocycles. The van der Waals surface area contributed by atoms with E-state index in [0.717, 1.165) is 12.1 Å². The van der Waals surface area contributed by atoms with E-state index in [0.29, 0.717) is 0 Å². The van der Waals surface area contributed by atoms with Crippen LogP contribution in [0.4, 0.5) is 5.69 Å². The molecule has 112 valence electrons. The van der Waals surface area contributed by atoms with Gasteiger partial charge < -0.3 is 0 Å². The quantitative estimate of drug-likeness (QED) is 0.350. The molecule has 0 aliphatic carbocycles. The number of thiocarbonyl (C=S) groups is 1. The fourth-order valence-corrected chi connectivity index (χ4v) is 3.39. The van der Waals surface area contributed by atoms with Crippen LogP contribution in [0.3, 0.4) is 0 Å². The number of hydrogen-bond acceptors (Lipinski definition) is 6. The van der Waals surface area contributed by atoms with E-state index in [-0.39, 0.29) is 75.6 Å². The van der Waals surface area contributed by atoms with Crippen LogP contribution in [0.5, 0.6) is 0 Å². The molecule has 12 heteroatoms. The van der Waals surface area contributed by atoms with Crippen molar-refractivity contribution < 1.29 is 25.9 Å². The number of fused-ring (bicyclic) bond motifs is 1. The molecule has 2 radical (unpaired) electrons. The fourth-order valence-electron chi connectivity index (χ4n) is 1.86. The number of isothiocyanates is 1. The first-order chi connectivity index (χ1) is 9.64. The Bertz CT molecular complexity index is 998. The standard InChI is InChI=1S/C11H7NO6S3.2Na/c13-20(14,15)10-3-1-2-8-9(10)4-7(12-6-19)5-11(8)21(16,17)18;;/h1-5H,(H,13,14,15)(H,16,17,18);;. The smallest absolute Gasteiger partial charge is 0.282 e. The average molecular weight is 391 g/mol. The van der Waals surface area contributed by atoms with E-state index in [2.05, 4.69) is 17.2 Å². The van der Waals surface area contributed by atoms with Crippen molar-refractivity contribution in [3.05, 3.63) is 30.3 Å². The monoisotopic (exact) mass is 391 g/mol. The molecule has 23 heavy (non-hydrogen) atoms. The average Bonchev–Trinajstić information content (AvgIpc) is 2.35. The zero-order valence-corrected chi connectivity index (χ0v) is 18.5. The molecule has 0 amide bonds. The molecule has 0 aliphatic rings. The van der Waals surface area contributed by atoms with Gasteiger partial charge in [-0.05, 0) is 30.4 Å². The molecule has 2 aromatic rings. The van der Waals surface area contributed by atoms with Gasteiger partial charge in [0, 0.05) is 69.9 Å². The van der Waals surface area contributed by atoms with Crippen molar-refractivity contribution in [2.24, 2.45) is 4.99 Å². The molecule has 0 atom stereocenters. The second-order valence-electron chi connectivity index (χ2n) is 3.95. The summed E-state index contributed by atoms with van der Waals surface area (Å²) in [7, 11) is -9.22. The SMILES string of the molecule is O=S(=O)(O)c1cc(N=C=S)cc2c(S(=O)(=O)O)cccc12.[Na].[Na]. The van der Waals surface area contributed by atoms with E-state index < -0.39 is 30.0 Å². The Morgan fingerprint density at radius 3 is 1.96 bits per heavy atom. The van der Waals surface area contributed by atoms with E-state index in [9.17, 15) is 25.9 Å². The molecule has 2 rings (SSSR count). The minimum absolute atomic E-state index is 0. The summed E-state index contributed by atoms with van der Waals surface area (Å²) in [5.41, 5.74) is -0.0266. The second kappa shape index (κ2) is 8.61. The number of nitrogens with zero attached hydrogens (tertiary/aromatic N) is 1. The number of benzene rings is 2. The van der Waals surface area contributed by atoms with E-state index in [1.165, 1.54) is 18.2 Å². The summed E-state index contributed by atoms with van der Waals surface area (Å²) < 4.78 is 64.0. The van der Waals surface area contributed by atoms with Crippen LogP contribution in [0.2, 0.25) is 0 Å². The van der Waals surface area contributed by atoms with Gasteiger partial charge in [-0.2, -0.15) is 21.8 Å². The van der Waals surface area contributed by atoms with Crippen molar-refractivity contribution in [3.8, 4) is 0 Å². The summed E-state index contributed by atoms with van der Waals surface area (Å²) in [5, 5.41) is 1.82. The van der Waals surface area contributed by atoms with E-state index in [1.807, 2.05) is 5.16 Å². The summed E-state index contributed by atoms with van der Waals surface area (Å²) in [6, 6.07) is 5.85. The molecule has 0 heterocycles. The van der Waals surface area contributed by atoms with Crippen molar-refractivity contribution >= 4 is 113 Å². The third-order valence-corrected chi connectivity index (χ3v) is 4.53. The molecule has 7 nitrogen and oxygen atoms in total. The third kappa shape index (κ3) is 5.40. The van der Waals surface area contributed by atoms with Gasteiger partial charge in [-0.1, -0.05) is 12.1 Å². The van der Waals surface area contributed by atoms with Gasteiger partial charge in [0.15, 0.2) is 0 Å². The normalized spacial score (nSPS) is 11.0. The van der Waals surface area contributed by atoms with Crippen LogP contribution in [0.15, 0.2) is 45.1 Å². The van der Waals surface area contributed by atoms with E-state index in [1.54, 1.807) is 0 Å². The van der Waals surface area contributed by atoms with Crippen molar-refractivity contribution in [1.29, 1.82) is 0 Å². The minimum Gasteiger partial charge on any atom is -0.282 e. The second-order valence-corrected chi connectivity index (χ2v) is 6.91. The first-order valence-corrected chi connectivity index (χ1v) is 8.53. The molecule has 0 bridgehead atoms. The van der Waals surface area contributed by atoms with Crippen LogP contribution in [-0.2, 0) is 20.2 Å². The summed E-state index contributed by atoms with van der Waals surface area (Å²) >= 11 is 4.40. The van der Waals surface area contributed by atoms with E-state index in [4.69, 9.17) is 0 Å². The van der Waals surface area contributed by atoms with Gasteiger partial charge in [0.1, 0.15) is 9.79 Å². The Hall–Kier alpha value is 0.320. The topological polar surface area (TPSA) is 121 Å². The van der Waals surface area contributed by atoms with Gasteiger partial charge in [0.2, 0.25) is 0 Å². The summed E-state index contributed by atoms with van der Waals surface area (Å²) in [6.45, 7) is 0. The van der Waals surface area contributed by atoms with Crippen molar-refractivity contribution in [2.45, 2.75) is 9.79 Å². The van der Waals surface area contributed by atoms with Gasteiger partial charge in [-0.15, -0.1) is 0 Å². The van der Waals surface area contributed by atoms with Crippen molar-refractivity contribution in [3.63, 3.8) is 0 Å². The maximum atomic E-state index is 11.4.